The summed E-state index contributed by atoms with van der Waals surface area (Å²) in [7, 11) is 0. The number of aromatic nitrogens is 5. The zero-order valence-electron chi connectivity index (χ0n) is 17.4. The number of nitrogens with zero attached hydrogens (tertiary/aromatic N) is 7. The highest BCUT2D eigenvalue weighted by molar-refractivity contribution is 5.78. The number of halogens is 9. The van der Waals surface area contributed by atoms with Crippen LogP contribution in [0.2, 0.25) is 0 Å². The van der Waals surface area contributed by atoms with Gasteiger partial charge < -0.3 is 0 Å². The van der Waals surface area contributed by atoms with Crippen molar-refractivity contribution in [2.24, 2.45) is 4.99 Å². The second kappa shape index (κ2) is 8.28. The van der Waals surface area contributed by atoms with Crippen molar-refractivity contribution >= 4 is 6.21 Å². The van der Waals surface area contributed by atoms with E-state index in [1.54, 1.807) is 0 Å². The minimum atomic E-state index is -5.45. The predicted molar refractivity (Wildman–Crippen MR) is 102 cm³/mol. The molecule has 3 aromatic heterocycles. The van der Waals surface area contributed by atoms with Gasteiger partial charge in [-0.2, -0.15) is 49.9 Å². The quantitative estimate of drug-likeness (QED) is 0.455. The van der Waals surface area contributed by atoms with Crippen LogP contribution < -0.4 is 0 Å². The van der Waals surface area contributed by atoms with Crippen molar-refractivity contribution in [2.45, 2.75) is 36.4 Å². The number of rotatable bonds is 3. The van der Waals surface area contributed by atoms with Crippen molar-refractivity contribution in [1.29, 1.82) is 5.26 Å². The molecule has 16 heteroatoms. The smallest absolute Gasteiger partial charge is 0.286 e. The predicted octanol–water partition coefficient (Wildman–Crippen LogP) is 4.98. The minimum absolute atomic E-state index is 0.0704. The van der Waals surface area contributed by atoms with Crippen molar-refractivity contribution in [2.75, 3.05) is 0 Å². The van der Waals surface area contributed by atoms with Gasteiger partial charge >= 0.3 is 18.5 Å². The lowest BCUT2D eigenvalue weighted by molar-refractivity contribution is -0.170. The molecule has 0 amide bonds. The molecule has 0 aliphatic carbocycles. The molecular weight excluding hydrogens is 509 g/mol. The first-order valence-corrected chi connectivity index (χ1v) is 9.69. The van der Waals surface area contributed by atoms with E-state index in [0.29, 0.717) is 0 Å². The van der Waals surface area contributed by atoms with Gasteiger partial charge in [0, 0.05) is 6.21 Å². The molecule has 188 valence electrons. The van der Waals surface area contributed by atoms with Crippen molar-refractivity contribution in [3.63, 3.8) is 0 Å². The maximum atomic E-state index is 14.3. The Labute approximate surface area is 195 Å². The molecule has 0 saturated heterocycles. The standard InChI is InChI=1S/C20H10F9N7/c21-18(22,23)15-2-11(3-16(35-15)19(24,25)26)17(20(27,28)29)4-13(33-7-17)12-1-10(5-30)14(6-32-12)36-9-31-8-34-36/h1-3,6-9,13H,4H2. The van der Waals surface area contributed by atoms with Gasteiger partial charge in [-0.1, -0.05) is 0 Å². The van der Waals surface area contributed by atoms with Gasteiger partial charge in [0.1, 0.15) is 41.2 Å². The number of hydrogen-bond acceptors (Lipinski definition) is 6. The van der Waals surface area contributed by atoms with Gasteiger partial charge in [-0.15, -0.1) is 0 Å². The van der Waals surface area contributed by atoms with E-state index in [0.717, 1.165) is 18.6 Å². The zero-order chi connectivity index (χ0) is 26.5. The molecule has 36 heavy (non-hydrogen) atoms. The Morgan fingerprint density at radius 2 is 1.61 bits per heavy atom. The van der Waals surface area contributed by atoms with Crippen LogP contribution in [0.25, 0.3) is 5.69 Å². The van der Waals surface area contributed by atoms with Crippen LogP contribution in [0.15, 0.2) is 42.0 Å². The van der Waals surface area contributed by atoms with E-state index in [9.17, 15) is 44.8 Å². The highest BCUT2D eigenvalue weighted by Crippen LogP contribution is 2.51. The van der Waals surface area contributed by atoms with Crippen LogP contribution in [-0.4, -0.2) is 37.1 Å². The molecule has 0 aromatic carbocycles. The number of pyridine rings is 2. The number of hydrogen-bond donors (Lipinski definition) is 0. The summed E-state index contributed by atoms with van der Waals surface area (Å²) in [6.07, 6.45) is -13.5. The fourth-order valence-electron chi connectivity index (χ4n) is 3.68. The van der Waals surface area contributed by atoms with Gasteiger partial charge in [0.15, 0.2) is 0 Å². The summed E-state index contributed by atoms with van der Waals surface area (Å²) in [5.74, 6) is 0. The number of alkyl halides is 9. The fraction of sp³-hybridized carbons (Fsp3) is 0.300. The molecule has 0 spiro atoms. The van der Waals surface area contributed by atoms with Gasteiger partial charge in [0.25, 0.3) is 0 Å². The Balaban J connectivity index is 1.81. The SMILES string of the molecule is N#Cc1cc(C2CC(c3cc(C(F)(F)F)nc(C(F)(F)F)c3)(C(F)(F)F)C=N2)ncc1-n1cncn1. The average molecular weight is 519 g/mol. The lowest BCUT2D eigenvalue weighted by Gasteiger charge is -2.31. The van der Waals surface area contributed by atoms with E-state index in [1.807, 2.05) is 6.07 Å². The molecule has 2 unspecified atom stereocenters. The Bertz CT molecular complexity index is 1320. The van der Waals surface area contributed by atoms with Gasteiger partial charge in [-0.3, -0.25) is 9.98 Å². The first-order valence-electron chi connectivity index (χ1n) is 9.69. The third-order valence-electron chi connectivity index (χ3n) is 5.45. The van der Waals surface area contributed by atoms with E-state index >= 15 is 0 Å². The first kappa shape index (κ1) is 25.1. The Hall–Kier alpha value is -4.03. The molecule has 0 saturated carbocycles. The maximum Gasteiger partial charge on any atom is 0.433 e. The van der Waals surface area contributed by atoms with Crippen LogP contribution in [0.5, 0.6) is 0 Å². The Morgan fingerprint density at radius 1 is 0.972 bits per heavy atom. The number of aliphatic imine (C=N–C) groups is 1. The van der Waals surface area contributed by atoms with Gasteiger partial charge in [0.2, 0.25) is 0 Å². The molecule has 1 aliphatic heterocycles. The third kappa shape index (κ3) is 4.36. The summed E-state index contributed by atoms with van der Waals surface area (Å²) in [5, 5.41) is 13.3. The monoisotopic (exact) mass is 519 g/mol. The molecule has 4 rings (SSSR count). The third-order valence-corrected chi connectivity index (χ3v) is 5.45. The highest BCUT2D eigenvalue weighted by Gasteiger charge is 2.59. The Morgan fingerprint density at radius 3 is 2.11 bits per heavy atom. The molecule has 3 aromatic rings. The zero-order valence-corrected chi connectivity index (χ0v) is 17.4. The topological polar surface area (TPSA) is 92.6 Å². The molecular formula is C20H10F9N7. The van der Waals surface area contributed by atoms with Crippen molar-refractivity contribution in [1.82, 2.24) is 24.7 Å². The molecule has 1 aliphatic rings. The number of nitriles is 1. The fourth-order valence-corrected chi connectivity index (χ4v) is 3.68. The second-order valence-corrected chi connectivity index (χ2v) is 7.67. The van der Waals surface area contributed by atoms with Crippen LogP contribution in [0.3, 0.4) is 0 Å². The molecule has 0 bridgehead atoms. The van der Waals surface area contributed by atoms with Crippen LogP contribution in [0.4, 0.5) is 39.5 Å². The van der Waals surface area contributed by atoms with Crippen LogP contribution >= 0.6 is 0 Å². The van der Waals surface area contributed by atoms with Crippen molar-refractivity contribution in [3.05, 3.63) is 65.3 Å². The lowest BCUT2D eigenvalue weighted by atomic mass is 9.77. The summed E-state index contributed by atoms with van der Waals surface area (Å²) < 4.78 is 123. The lowest BCUT2D eigenvalue weighted by Crippen LogP contribution is -2.43. The van der Waals surface area contributed by atoms with Gasteiger partial charge in [-0.25, -0.2) is 14.6 Å². The molecule has 0 fully saturated rings. The maximum absolute atomic E-state index is 14.3. The second-order valence-electron chi connectivity index (χ2n) is 7.67. The average Bonchev–Trinajstić information content (AvgIpc) is 3.48. The van der Waals surface area contributed by atoms with Gasteiger partial charge in [0.05, 0.1) is 23.5 Å². The first-order chi connectivity index (χ1) is 16.7. The van der Waals surface area contributed by atoms with Crippen LogP contribution in [0, 0.1) is 11.3 Å². The molecule has 2 atom stereocenters. The van der Waals surface area contributed by atoms with Gasteiger partial charge in [-0.05, 0) is 30.2 Å². The minimum Gasteiger partial charge on any atom is -0.286 e. The molecule has 0 radical (unpaired) electrons. The summed E-state index contributed by atoms with van der Waals surface area (Å²) in [6.45, 7) is 0. The summed E-state index contributed by atoms with van der Waals surface area (Å²) >= 11 is 0. The normalized spacial score (nSPS) is 20.5. The van der Waals surface area contributed by atoms with E-state index in [-0.39, 0.29) is 35.3 Å². The largest absolute Gasteiger partial charge is 0.433 e. The van der Waals surface area contributed by atoms with E-state index < -0.39 is 53.4 Å². The van der Waals surface area contributed by atoms with Crippen molar-refractivity contribution < 1.29 is 39.5 Å². The van der Waals surface area contributed by atoms with Crippen LogP contribution in [-0.2, 0) is 17.8 Å². The summed E-state index contributed by atoms with van der Waals surface area (Å²) in [4.78, 5) is 13.9. The summed E-state index contributed by atoms with van der Waals surface area (Å²) in [6, 6.07) is 1.36. The molecule has 7 nitrogen and oxygen atoms in total. The summed E-state index contributed by atoms with van der Waals surface area (Å²) in [5.41, 5.74) is -8.98. The van der Waals surface area contributed by atoms with E-state index in [2.05, 4.69) is 25.0 Å². The van der Waals surface area contributed by atoms with Crippen molar-refractivity contribution in [3.8, 4) is 11.8 Å². The Kier molecular flexibility index (Phi) is 5.77. The highest BCUT2D eigenvalue weighted by atomic mass is 19.4. The molecule has 4 heterocycles. The van der Waals surface area contributed by atoms with E-state index in [4.69, 9.17) is 0 Å². The van der Waals surface area contributed by atoms with Crippen LogP contribution in [0.1, 0.15) is 40.7 Å². The molecule has 0 N–H and O–H groups in total. The van der Waals surface area contributed by atoms with E-state index in [1.165, 1.54) is 11.0 Å².